The van der Waals surface area contributed by atoms with Gasteiger partial charge in [0.2, 0.25) is 0 Å². The van der Waals surface area contributed by atoms with Gasteiger partial charge in [0.1, 0.15) is 0 Å². The van der Waals surface area contributed by atoms with Crippen LogP contribution in [0.2, 0.25) is 5.02 Å². The van der Waals surface area contributed by atoms with Gasteiger partial charge in [0, 0.05) is 17.0 Å². The van der Waals surface area contributed by atoms with Crippen LogP contribution < -0.4 is 4.74 Å². The molecule has 1 aromatic heterocycles. The Bertz CT molecular complexity index is 1090. The highest BCUT2D eigenvalue weighted by atomic mass is 35.5. The summed E-state index contributed by atoms with van der Waals surface area (Å²) in [4.78, 5) is 25.5. The second-order valence-electron chi connectivity index (χ2n) is 7.05. The van der Waals surface area contributed by atoms with Crippen LogP contribution in [0, 0.1) is 18.7 Å². The van der Waals surface area contributed by atoms with E-state index in [1.807, 2.05) is 13.8 Å². The zero-order valence-corrected chi connectivity index (χ0v) is 17.1. The molecule has 1 atom stereocenters. The fraction of sp³-hybridized carbons (Fsp3) is 0.273. The predicted octanol–water partition coefficient (Wildman–Crippen LogP) is 5.48. The normalized spacial score (nSPS) is 12.2. The Hall–Kier alpha value is -2.86. The summed E-state index contributed by atoms with van der Waals surface area (Å²) in [6.07, 6.45) is 0.953. The van der Waals surface area contributed by atoms with Gasteiger partial charge in [0.15, 0.2) is 17.3 Å². The number of rotatable bonds is 5. The number of nitrogens with zero attached hydrogens (tertiary/aromatic N) is 1. The van der Waals surface area contributed by atoms with Gasteiger partial charge in [-0.1, -0.05) is 31.9 Å². The second kappa shape index (κ2) is 8.25. The number of fused-ring (bicyclic) bond motifs is 1. The molecule has 0 aliphatic rings. The molecule has 0 fully saturated rings. The third-order valence-electron chi connectivity index (χ3n) is 4.95. The molecule has 3 rings (SSSR count). The van der Waals surface area contributed by atoms with Gasteiger partial charge < -0.3 is 9.84 Å². The first kappa shape index (κ1) is 20.9. The Morgan fingerprint density at radius 3 is 2.48 bits per heavy atom. The van der Waals surface area contributed by atoms with E-state index in [4.69, 9.17) is 16.3 Å². The fourth-order valence-electron chi connectivity index (χ4n) is 3.11. The molecule has 0 saturated heterocycles. The number of benzene rings is 2. The minimum Gasteiger partial charge on any atom is -0.505 e. The van der Waals surface area contributed by atoms with Gasteiger partial charge in [-0.15, -0.1) is 0 Å². The van der Waals surface area contributed by atoms with Crippen molar-refractivity contribution in [3.8, 4) is 11.5 Å². The molecular formula is C22H21ClFNO4. The third kappa shape index (κ3) is 3.98. The van der Waals surface area contributed by atoms with Gasteiger partial charge in [-0.05, 0) is 49.2 Å². The summed E-state index contributed by atoms with van der Waals surface area (Å²) >= 11 is 5.89. The lowest BCUT2D eigenvalue weighted by Gasteiger charge is -2.09. The van der Waals surface area contributed by atoms with Crippen molar-refractivity contribution in [2.24, 2.45) is 5.92 Å². The Labute approximate surface area is 172 Å². The number of hydrogen-bond acceptors (Lipinski definition) is 4. The number of phenolic OH excluding ortho intramolecular Hbond substituents is 1. The number of halogens is 2. The minimum atomic E-state index is -0.945. The Kier molecular flexibility index (Phi) is 5.94. The molecule has 29 heavy (non-hydrogen) atoms. The smallest absolute Gasteiger partial charge is 0.311 e. The molecule has 0 amide bonds. The van der Waals surface area contributed by atoms with Crippen molar-refractivity contribution in [3.05, 3.63) is 58.5 Å². The summed E-state index contributed by atoms with van der Waals surface area (Å²) < 4.78 is 21.5. The monoisotopic (exact) mass is 417 g/mol. The molecule has 5 nitrogen and oxygen atoms in total. The first-order chi connectivity index (χ1) is 13.7. The van der Waals surface area contributed by atoms with Gasteiger partial charge in [0.05, 0.1) is 16.6 Å². The first-order valence-electron chi connectivity index (χ1n) is 9.28. The molecule has 7 heteroatoms. The lowest BCUT2D eigenvalue weighted by molar-refractivity contribution is -0.135. The zero-order valence-electron chi connectivity index (χ0n) is 16.3. The summed E-state index contributed by atoms with van der Waals surface area (Å²) in [6, 6.07) is 8.85. The Morgan fingerprint density at radius 1 is 1.21 bits per heavy atom. The maximum Gasteiger partial charge on any atom is 0.311 e. The molecule has 0 aliphatic heterocycles. The van der Waals surface area contributed by atoms with Crippen molar-refractivity contribution in [1.29, 1.82) is 0 Å². The maximum absolute atomic E-state index is 14.8. The molecule has 2 aromatic carbocycles. The van der Waals surface area contributed by atoms with Crippen LogP contribution in [-0.2, 0) is 4.79 Å². The number of phenols is 1. The van der Waals surface area contributed by atoms with Crippen LogP contribution in [0.4, 0.5) is 4.39 Å². The summed E-state index contributed by atoms with van der Waals surface area (Å²) in [7, 11) is 0. The van der Waals surface area contributed by atoms with E-state index in [9.17, 15) is 19.1 Å². The number of aromatic hydroxyl groups is 1. The molecule has 1 unspecified atom stereocenters. The molecule has 0 aliphatic carbocycles. The SMILES string of the molecule is CCC(C)CC(=O)Oc1c(C)n(C(=O)c2ccc(Cl)cc2)c2ccc(O)c(F)c12. The minimum absolute atomic E-state index is 0.0657. The fourth-order valence-corrected chi connectivity index (χ4v) is 3.24. The van der Waals surface area contributed by atoms with E-state index in [0.717, 1.165) is 12.5 Å². The highest BCUT2D eigenvalue weighted by molar-refractivity contribution is 6.30. The van der Waals surface area contributed by atoms with Crippen LogP contribution in [0.25, 0.3) is 10.9 Å². The number of aromatic nitrogens is 1. The number of ether oxygens (including phenoxy) is 1. The first-order valence-corrected chi connectivity index (χ1v) is 9.65. The van der Waals surface area contributed by atoms with E-state index in [1.165, 1.54) is 10.6 Å². The number of hydrogen-bond donors (Lipinski definition) is 1. The molecule has 1 N–H and O–H groups in total. The number of carbonyl (C=O) groups excluding carboxylic acids is 2. The van der Waals surface area contributed by atoms with Crippen LogP contribution in [0.1, 0.15) is 42.7 Å². The Balaban J connectivity index is 2.15. The van der Waals surface area contributed by atoms with E-state index in [-0.39, 0.29) is 34.7 Å². The van der Waals surface area contributed by atoms with Crippen LogP contribution in [0.3, 0.4) is 0 Å². The summed E-state index contributed by atoms with van der Waals surface area (Å²) in [5.41, 5.74) is 0.798. The van der Waals surface area contributed by atoms with Crippen LogP contribution >= 0.6 is 11.6 Å². The summed E-state index contributed by atoms with van der Waals surface area (Å²) in [6.45, 7) is 5.43. The van der Waals surface area contributed by atoms with E-state index in [0.29, 0.717) is 10.6 Å². The largest absolute Gasteiger partial charge is 0.505 e. The van der Waals surface area contributed by atoms with Crippen molar-refractivity contribution in [2.75, 3.05) is 0 Å². The van der Waals surface area contributed by atoms with Crippen LogP contribution in [-0.4, -0.2) is 21.6 Å². The van der Waals surface area contributed by atoms with E-state index in [1.54, 1.807) is 31.2 Å². The number of esters is 1. The molecule has 0 radical (unpaired) electrons. The molecule has 152 valence electrons. The lowest BCUT2D eigenvalue weighted by Crippen LogP contribution is -2.15. The average molecular weight is 418 g/mol. The van der Waals surface area contributed by atoms with Gasteiger partial charge in [-0.25, -0.2) is 4.39 Å². The van der Waals surface area contributed by atoms with E-state index in [2.05, 4.69) is 0 Å². The molecule has 3 aromatic rings. The molecular weight excluding hydrogens is 397 g/mol. The predicted molar refractivity (Wildman–Crippen MR) is 109 cm³/mol. The second-order valence-corrected chi connectivity index (χ2v) is 7.48. The van der Waals surface area contributed by atoms with Crippen LogP contribution in [0.15, 0.2) is 36.4 Å². The van der Waals surface area contributed by atoms with Crippen molar-refractivity contribution < 1.29 is 23.8 Å². The standard InChI is InChI=1S/C22H21ClFNO4/c1-4-12(2)11-18(27)29-21-13(3)25(16-9-10-17(26)20(24)19(16)21)22(28)14-5-7-15(23)8-6-14/h5-10,12,26H,4,11H2,1-3H3. The van der Waals surface area contributed by atoms with E-state index >= 15 is 0 Å². The van der Waals surface area contributed by atoms with Gasteiger partial charge in [-0.3, -0.25) is 14.2 Å². The molecule has 1 heterocycles. The van der Waals surface area contributed by atoms with Crippen molar-refractivity contribution in [3.63, 3.8) is 0 Å². The van der Waals surface area contributed by atoms with Crippen molar-refractivity contribution in [1.82, 2.24) is 4.57 Å². The summed E-state index contributed by atoms with van der Waals surface area (Å²) in [5, 5.41) is 10.2. The van der Waals surface area contributed by atoms with Gasteiger partial charge >= 0.3 is 5.97 Å². The quantitative estimate of drug-likeness (QED) is 0.558. The average Bonchev–Trinajstić information content (AvgIpc) is 2.96. The van der Waals surface area contributed by atoms with E-state index < -0.39 is 23.4 Å². The third-order valence-corrected chi connectivity index (χ3v) is 5.21. The molecule has 0 bridgehead atoms. The Morgan fingerprint density at radius 2 is 1.86 bits per heavy atom. The maximum atomic E-state index is 14.8. The zero-order chi connectivity index (χ0) is 21.3. The van der Waals surface area contributed by atoms with Crippen molar-refractivity contribution >= 4 is 34.4 Å². The molecule has 0 spiro atoms. The highest BCUT2D eigenvalue weighted by Crippen LogP contribution is 2.38. The van der Waals surface area contributed by atoms with Crippen LogP contribution in [0.5, 0.6) is 11.5 Å². The van der Waals surface area contributed by atoms with Gasteiger partial charge in [0.25, 0.3) is 5.91 Å². The lowest BCUT2D eigenvalue weighted by atomic mass is 10.1. The van der Waals surface area contributed by atoms with Gasteiger partial charge in [-0.2, -0.15) is 0 Å². The van der Waals surface area contributed by atoms with Crippen molar-refractivity contribution in [2.45, 2.75) is 33.6 Å². The summed E-state index contributed by atoms with van der Waals surface area (Å²) in [5.74, 6) is -2.46. The molecule has 0 saturated carbocycles. The number of carbonyl (C=O) groups is 2. The topological polar surface area (TPSA) is 68.5 Å². The highest BCUT2D eigenvalue weighted by Gasteiger charge is 2.26.